The molecule has 3 aromatic rings. The molecular weight excluding hydrogens is 497 g/mol. The monoisotopic (exact) mass is 523 g/mol. The lowest BCUT2D eigenvalue weighted by atomic mass is 9.98. The zero-order chi connectivity index (χ0) is 26.2. The minimum atomic E-state index is -3.25. The molecule has 5 rings (SSSR count). The summed E-state index contributed by atoms with van der Waals surface area (Å²) >= 11 is 0. The summed E-state index contributed by atoms with van der Waals surface area (Å²) in [6, 6.07) is 9.64. The third-order valence-corrected chi connectivity index (χ3v) is 7.63. The third kappa shape index (κ3) is 5.30. The van der Waals surface area contributed by atoms with Crippen LogP contribution in [0.25, 0.3) is 11.3 Å². The summed E-state index contributed by atoms with van der Waals surface area (Å²) in [5.74, 6) is 0.778. The van der Waals surface area contributed by atoms with E-state index in [1.54, 1.807) is 36.7 Å². The van der Waals surface area contributed by atoms with Crippen molar-refractivity contribution in [2.24, 2.45) is 4.99 Å². The van der Waals surface area contributed by atoms with Crippen LogP contribution in [0.1, 0.15) is 29.7 Å². The summed E-state index contributed by atoms with van der Waals surface area (Å²) < 4.78 is 44.1. The second-order valence-electron chi connectivity index (χ2n) is 8.90. The van der Waals surface area contributed by atoms with Gasteiger partial charge >= 0.3 is 0 Å². The molecule has 37 heavy (non-hydrogen) atoms. The molecule has 0 saturated carbocycles. The first-order valence-corrected chi connectivity index (χ1v) is 13.5. The predicted molar refractivity (Wildman–Crippen MR) is 140 cm³/mol. The molecule has 0 radical (unpaired) electrons. The van der Waals surface area contributed by atoms with Crippen LogP contribution in [0.2, 0.25) is 0 Å². The Balaban J connectivity index is 1.50. The number of nitrogen functional groups attached to an aromatic ring is 1. The number of halogens is 1. The number of nitrogens with zero attached hydrogens (tertiary/aromatic N) is 5. The highest BCUT2D eigenvalue weighted by Crippen LogP contribution is 2.38. The Morgan fingerprint density at radius 1 is 1.16 bits per heavy atom. The van der Waals surface area contributed by atoms with E-state index in [4.69, 9.17) is 20.4 Å². The van der Waals surface area contributed by atoms with E-state index >= 15 is 0 Å². The molecule has 2 aromatic heterocycles. The largest absolute Gasteiger partial charge is 0.493 e. The number of nitrogens with one attached hydrogen (secondary N) is 1. The topological polar surface area (TPSA) is 136 Å². The molecule has 12 heteroatoms. The Kier molecular flexibility index (Phi) is 6.61. The molecule has 3 N–H and O–H groups in total. The molecule has 1 fully saturated rings. The van der Waals surface area contributed by atoms with Gasteiger partial charge in [-0.05, 0) is 41.8 Å². The molecule has 2 aliphatic heterocycles. The second-order valence-corrected chi connectivity index (χ2v) is 10.9. The number of sulfonamides is 1. The van der Waals surface area contributed by atoms with Gasteiger partial charge in [0.1, 0.15) is 5.82 Å². The van der Waals surface area contributed by atoms with Crippen molar-refractivity contribution < 1.29 is 17.5 Å². The van der Waals surface area contributed by atoms with Crippen molar-refractivity contribution >= 4 is 38.8 Å². The zero-order valence-corrected chi connectivity index (χ0v) is 21.2. The molecule has 192 valence electrons. The number of aliphatic imine (C=N–C) groups is 1. The fourth-order valence-electron chi connectivity index (χ4n) is 4.43. The number of nitrogens with two attached hydrogens (primary N) is 1. The molecule has 1 aromatic carbocycles. The van der Waals surface area contributed by atoms with Crippen molar-refractivity contribution in [3.8, 4) is 5.75 Å². The van der Waals surface area contributed by atoms with Gasteiger partial charge in [0.05, 0.1) is 30.5 Å². The Morgan fingerprint density at radius 3 is 2.65 bits per heavy atom. The van der Waals surface area contributed by atoms with Crippen molar-refractivity contribution in [1.82, 2.24) is 19.3 Å². The van der Waals surface area contributed by atoms with Gasteiger partial charge in [-0.25, -0.2) is 37.1 Å². The summed E-state index contributed by atoms with van der Waals surface area (Å²) in [7, 11) is -1.73. The number of hydrogen-bond donors (Lipinski definition) is 2. The first-order valence-electron chi connectivity index (χ1n) is 11.6. The molecule has 1 saturated heterocycles. The molecule has 10 nitrogen and oxygen atoms in total. The van der Waals surface area contributed by atoms with E-state index in [1.165, 1.54) is 29.8 Å². The summed E-state index contributed by atoms with van der Waals surface area (Å²) in [6.07, 6.45) is 5.62. The van der Waals surface area contributed by atoms with E-state index in [9.17, 15) is 12.8 Å². The van der Waals surface area contributed by atoms with Crippen LogP contribution in [0, 0.1) is 5.82 Å². The average Bonchev–Trinajstić information content (AvgIpc) is 3.53. The second kappa shape index (κ2) is 9.87. The molecule has 0 bridgehead atoms. The van der Waals surface area contributed by atoms with Crippen LogP contribution >= 0.6 is 0 Å². The highest BCUT2D eigenvalue weighted by atomic mass is 32.2. The van der Waals surface area contributed by atoms with Gasteiger partial charge in [-0.1, -0.05) is 12.1 Å². The molecule has 2 aliphatic rings. The number of benzene rings is 1. The van der Waals surface area contributed by atoms with Gasteiger partial charge in [0, 0.05) is 43.5 Å². The number of anilines is 2. The van der Waals surface area contributed by atoms with Crippen molar-refractivity contribution in [3.63, 3.8) is 0 Å². The van der Waals surface area contributed by atoms with Crippen LogP contribution in [0.15, 0.2) is 53.8 Å². The van der Waals surface area contributed by atoms with Crippen LogP contribution in [-0.2, 0) is 10.0 Å². The van der Waals surface area contributed by atoms with Crippen LogP contribution in [-0.4, -0.2) is 65.9 Å². The Bertz CT molecular complexity index is 1510. The van der Waals surface area contributed by atoms with E-state index in [0.717, 1.165) is 22.4 Å². The molecule has 0 amide bonds. The molecule has 0 spiro atoms. The third-order valence-electron chi connectivity index (χ3n) is 6.36. The summed E-state index contributed by atoms with van der Waals surface area (Å²) in [6.45, 7) is 0.799. The zero-order valence-electron chi connectivity index (χ0n) is 20.3. The Hall–Kier alpha value is -3.90. The fraction of sp³-hybridized carbons (Fsp3) is 0.280. The van der Waals surface area contributed by atoms with Crippen LogP contribution in [0.5, 0.6) is 5.75 Å². The summed E-state index contributed by atoms with van der Waals surface area (Å²) in [5.41, 5.74) is 10.3. The van der Waals surface area contributed by atoms with Crippen molar-refractivity contribution in [2.45, 2.75) is 18.9 Å². The van der Waals surface area contributed by atoms with Crippen molar-refractivity contribution in [2.75, 3.05) is 37.5 Å². The minimum Gasteiger partial charge on any atom is -0.493 e. The Morgan fingerprint density at radius 2 is 1.95 bits per heavy atom. The van der Waals surface area contributed by atoms with E-state index in [0.29, 0.717) is 49.0 Å². The van der Waals surface area contributed by atoms with Crippen LogP contribution in [0.4, 0.5) is 16.2 Å². The fourth-order valence-corrected chi connectivity index (χ4v) is 5.31. The summed E-state index contributed by atoms with van der Waals surface area (Å²) in [5, 5.41) is 3.25. The highest BCUT2D eigenvalue weighted by Gasteiger charge is 2.29. The number of ether oxygens (including phenoxy) is 1. The van der Waals surface area contributed by atoms with Crippen LogP contribution < -0.4 is 15.8 Å². The first-order chi connectivity index (χ1) is 17.7. The van der Waals surface area contributed by atoms with E-state index in [-0.39, 0.29) is 17.7 Å². The standard InChI is InChI=1S/C25H26FN7O3S/c1-36-22-11-16(13-29-24(22)27)19-12-21(15-3-5-17(26)6-4-15)31-23(19)20-7-9-28-25(32-20)30-18-8-10-33(14-18)37(2,34)35/h3-7,9,11,13,18H,8,10,12,14H2,1-2H3,(H2,27,29)(H,28,30,32)/t18-/m1/s1. The smallest absolute Gasteiger partial charge is 0.223 e. The van der Waals surface area contributed by atoms with E-state index < -0.39 is 10.0 Å². The lowest BCUT2D eigenvalue weighted by molar-refractivity contribution is 0.415. The van der Waals surface area contributed by atoms with Gasteiger partial charge in [-0.15, -0.1) is 0 Å². The van der Waals surface area contributed by atoms with E-state index in [1.807, 2.05) is 0 Å². The minimum absolute atomic E-state index is 0.106. The number of pyridine rings is 1. The normalized spacial score (nSPS) is 18.2. The van der Waals surface area contributed by atoms with Gasteiger partial charge in [-0.3, -0.25) is 0 Å². The van der Waals surface area contributed by atoms with Crippen LogP contribution in [0.3, 0.4) is 0 Å². The number of rotatable bonds is 7. The molecule has 0 unspecified atom stereocenters. The maximum atomic E-state index is 13.5. The lowest BCUT2D eigenvalue weighted by Crippen LogP contribution is -2.31. The molecule has 0 aliphatic carbocycles. The van der Waals surface area contributed by atoms with Gasteiger partial charge in [0.2, 0.25) is 16.0 Å². The number of hydrogen-bond acceptors (Lipinski definition) is 9. The predicted octanol–water partition coefficient (Wildman–Crippen LogP) is 2.81. The molecular formula is C25H26FN7O3S. The van der Waals surface area contributed by atoms with Crippen molar-refractivity contribution in [1.29, 1.82) is 0 Å². The number of aromatic nitrogens is 3. The lowest BCUT2D eigenvalue weighted by Gasteiger charge is -2.15. The van der Waals surface area contributed by atoms with Crippen molar-refractivity contribution in [3.05, 3.63) is 71.4 Å². The highest BCUT2D eigenvalue weighted by molar-refractivity contribution is 7.88. The maximum absolute atomic E-state index is 13.5. The maximum Gasteiger partial charge on any atom is 0.223 e. The first kappa shape index (κ1) is 24.8. The quantitative estimate of drug-likeness (QED) is 0.483. The SMILES string of the molecule is COc1cc(C2=C(c3ccnc(N[C@@H]4CCN(S(C)(=O)=O)C4)n3)N=C(c3ccc(F)cc3)C2)cnc1N. The van der Waals surface area contributed by atoms with Gasteiger partial charge in [0.25, 0.3) is 0 Å². The number of allylic oxidation sites excluding steroid dienone is 1. The number of methoxy groups -OCH3 is 1. The average molecular weight is 524 g/mol. The molecule has 1 atom stereocenters. The Labute approximate surface area is 214 Å². The van der Waals surface area contributed by atoms with Gasteiger partial charge in [0.15, 0.2) is 11.6 Å². The van der Waals surface area contributed by atoms with E-state index in [2.05, 4.69) is 15.3 Å². The summed E-state index contributed by atoms with van der Waals surface area (Å²) in [4.78, 5) is 18.2. The van der Waals surface area contributed by atoms with Gasteiger partial charge in [-0.2, -0.15) is 0 Å². The van der Waals surface area contributed by atoms with Gasteiger partial charge < -0.3 is 15.8 Å². The molecule has 4 heterocycles.